The summed E-state index contributed by atoms with van der Waals surface area (Å²) in [6.07, 6.45) is 0.438. The van der Waals surface area contributed by atoms with Crippen LogP contribution in [0.2, 0.25) is 0 Å². The third-order valence-corrected chi connectivity index (χ3v) is 3.96. The van der Waals surface area contributed by atoms with Gasteiger partial charge < -0.3 is 20.1 Å². The van der Waals surface area contributed by atoms with Gasteiger partial charge in [-0.2, -0.15) is 0 Å². The molecule has 2 aliphatic rings. The van der Waals surface area contributed by atoms with Gasteiger partial charge in [0.25, 0.3) is 0 Å². The van der Waals surface area contributed by atoms with Gasteiger partial charge >= 0.3 is 5.97 Å². The van der Waals surface area contributed by atoms with Crippen molar-refractivity contribution in [3.05, 3.63) is 24.3 Å². The van der Waals surface area contributed by atoms with Crippen molar-refractivity contribution in [3.8, 4) is 0 Å². The molecule has 1 aromatic carbocycles. The van der Waals surface area contributed by atoms with Crippen molar-refractivity contribution >= 4 is 23.3 Å². The molecule has 1 saturated carbocycles. The van der Waals surface area contributed by atoms with Crippen LogP contribution in [0.3, 0.4) is 0 Å². The molecule has 6 nitrogen and oxygen atoms in total. The Balaban J connectivity index is 1.57. The first-order valence-electron chi connectivity index (χ1n) is 7.11. The summed E-state index contributed by atoms with van der Waals surface area (Å²) in [6.45, 7) is 3.20. The van der Waals surface area contributed by atoms with Gasteiger partial charge in [-0.25, -0.2) is 0 Å². The van der Waals surface area contributed by atoms with Crippen LogP contribution in [-0.2, 0) is 14.3 Å². The van der Waals surface area contributed by atoms with E-state index in [-0.39, 0.29) is 11.8 Å². The molecule has 21 heavy (non-hydrogen) atoms. The number of hydrogen-bond donors (Lipinski definition) is 2. The molecule has 1 aromatic rings. The van der Waals surface area contributed by atoms with Crippen molar-refractivity contribution in [3.63, 3.8) is 0 Å². The predicted molar refractivity (Wildman–Crippen MR) is 77.3 cm³/mol. The first kappa shape index (κ1) is 13.9. The lowest BCUT2D eigenvalue weighted by molar-refractivity contribution is -0.139. The number of carbonyl (C=O) groups excluding carboxylic acids is 1. The number of carbonyl (C=O) groups is 2. The summed E-state index contributed by atoms with van der Waals surface area (Å²) in [5.74, 6) is -2.00. The number of nitrogens with one attached hydrogen (secondary N) is 1. The molecular weight excluding hydrogens is 272 g/mol. The maximum absolute atomic E-state index is 11.9. The van der Waals surface area contributed by atoms with Gasteiger partial charge in [-0.05, 0) is 30.7 Å². The van der Waals surface area contributed by atoms with Crippen LogP contribution in [0, 0.1) is 11.8 Å². The van der Waals surface area contributed by atoms with Gasteiger partial charge in [0.15, 0.2) is 0 Å². The van der Waals surface area contributed by atoms with E-state index in [4.69, 9.17) is 9.84 Å². The van der Waals surface area contributed by atoms with E-state index in [0.717, 1.165) is 32.0 Å². The topological polar surface area (TPSA) is 78.9 Å². The molecule has 3 rings (SSSR count). The normalized spacial score (nSPS) is 24.5. The molecule has 2 fully saturated rings. The number of amides is 1. The van der Waals surface area contributed by atoms with Crippen molar-refractivity contribution in [2.24, 2.45) is 11.8 Å². The van der Waals surface area contributed by atoms with Gasteiger partial charge in [0, 0.05) is 24.5 Å². The van der Waals surface area contributed by atoms with E-state index in [1.165, 1.54) is 0 Å². The Hall–Kier alpha value is -2.08. The number of aliphatic carboxylic acids is 1. The van der Waals surface area contributed by atoms with Crippen molar-refractivity contribution in [2.45, 2.75) is 6.42 Å². The highest BCUT2D eigenvalue weighted by atomic mass is 16.5. The van der Waals surface area contributed by atoms with E-state index >= 15 is 0 Å². The summed E-state index contributed by atoms with van der Waals surface area (Å²) in [5, 5.41) is 11.6. The lowest BCUT2D eigenvalue weighted by atomic mass is 10.2. The first-order valence-corrected chi connectivity index (χ1v) is 7.11. The maximum Gasteiger partial charge on any atom is 0.307 e. The molecule has 0 unspecified atom stereocenters. The van der Waals surface area contributed by atoms with Gasteiger partial charge in [0.05, 0.1) is 25.0 Å². The zero-order chi connectivity index (χ0) is 14.8. The second kappa shape index (κ2) is 5.73. The SMILES string of the molecule is O=C(O)[C@H]1C[C@H]1C(=O)Nc1ccc(N2CCOCC2)cc1. The zero-order valence-corrected chi connectivity index (χ0v) is 11.6. The Bertz CT molecular complexity index is 537. The second-order valence-corrected chi connectivity index (χ2v) is 5.42. The highest BCUT2D eigenvalue weighted by molar-refractivity contribution is 5.98. The molecule has 1 heterocycles. The minimum Gasteiger partial charge on any atom is -0.481 e. The first-order chi connectivity index (χ1) is 10.1. The van der Waals surface area contributed by atoms with Crippen molar-refractivity contribution in [1.82, 2.24) is 0 Å². The van der Waals surface area contributed by atoms with E-state index in [9.17, 15) is 9.59 Å². The Morgan fingerprint density at radius 1 is 1.14 bits per heavy atom. The van der Waals surface area contributed by atoms with Gasteiger partial charge in [-0.1, -0.05) is 0 Å². The fraction of sp³-hybridized carbons (Fsp3) is 0.467. The molecule has 0 aromatic heterocycles. The quantitative estimate of drug-likeness (QED) is 0.870. The summed E-state index contributed by atoms with van der Waals surface area (Å²) in [5.41, 5.74) is 1.80. The van der Waals surface area contributed by atoms with E-state index in [0.29, 0.717) is 12.1 Å². The maximum atomic E-state index is 11.9. The Morgan fingerprint density at radius 3 is 2.38 bits per heavy atom. The highest BCUT2D eigenvalue weighted by Crippen LogP contribution is 2.39. The Morgan fingerprint density at radius 2 is 1.81 bits per heavy atom. The van der Waals surface area contributed by atoms with E-state index in [1.54, 1.807) is 0 Å². The van der Waals surface area contributed by atoms with Crippen molar-refractivity contribution < 1.29 is 19.4 Å². The highest BCUT2D eigenvalue weighted by Gasteiger charge is 2.48. The molecule has 0 radical (unpaired) electrons. The molecule has 1 aliphatic heterocycles. The summed E-state index contributed by atoms with van der Waals surface area (Å²) in [7, 11) is 0. The average molecular weight is 290 g/mol. The molecule has 2 N–H and O–H groups in total. The van der Waals surface area contributed by atoms with Crippen LogP contribution in [0.4, 0.5) is 11.4 Å². The fourth-order valence-electron chi connectivity index (χ4n) is 2.57. The standard InChI is InChI=1S/C15H18N2O4/c18-14(12-9-13(12)15(19)20)16-10-1-3-11(4-2-10)17-5-7-21-8-6-17/h1-4,12-13H,5-9H2,(H,16,18)(H,19,20)/t12-,13+/m1/s1. The second-order valence-electron chi connectivity index (χ2n) is 5.42. The number of morpholine rings is 1. The minimum atomic E-state index is -0.891. The van der Waals surface area contributed by atoms with E-state index < -0.39 is 11.9 Å². The molecule has 1 aliphatic carbocycles. The zero-order valence-electron chi connectivity index (χ0n) is 11.6. The van der Waals surface area contributed by atoms with Crippen molar-refractivity contribution in [2.75, 3.05) is 36.5 Å². The van der Waals surface area contributed by atoms with Crippen LogP contribution in [0.25, 0.3) is 0 Å². The van der Waals surface area contributed by atoms with Crippen LogP contribution in [0.15, 0.2) is 24.3 Å². The molecule has 2 atom stereocenters. The van der Waals surface area contributed by atoms with E-state index in [1.807, 2.05) is 24.3 Å². The molecule has 0 bridgehead atoms. The fourth-order valence-corrected chi connectivity index (χ4v) is 2.57. The van der Waals surface area contributed by atoms with Gasteiger partial charge in [-0.3, -0.25) is 9.59 Å². The molecule has 1 saturated heterocycles. The number of hydrogen-bond acceptors (Lipinski definition) is 4. The Kier molecular flexibility index (Phi) is 3.79. The van der Waals surface area contributed by atoms with Crippen LogP contribution >= 0.6 is 0 Å². The lowest BCUT2D eigenvalue weighted by Crippen LogP contribution is -2.36. The number of rotatable bonds is 4. The average Bonchev–Trinajstić information content (AvgIpc) is 3.30. The van der Waals surface area contributed by atoms with Crippen LogP contribution < -0.4 is 10.2 Å². The van der Waals surface area contributed by atoms with Crippen LogP contribution in [0.5, 0.6) is 0 Å². The third kappa shape index (κ3) is 3.16. The minimum absolute atomic E-state index is 0.207. The summed E-state index contributed by atoms with van der Waals surface area (Å²) in [4.78, 5) is 24.9. The molecule has 0 spiro atoms. The lowest BCUT2D eigenvalue weighted by Gasteiger charge is -2.28. The number of benzene rings is 1. The summed E-state index contributed by atoms with van der Waals surface area (Å²) in [6, 6.07) is 7.62. The molecule has 6 heteroatoms. The molecule has 1 amide bonds. The monoisotopic (exact) mass is 290 g/mol. The number of carboxylic acids is 1. The number of ether oxygens (including phenoxy) is 1. The van der Waals surface area contributed by atoms with Crippen LogP contribution in [0.1, 0.15) is 6.42 Å². The number of nitrogens with zero attached hydrogens (tertiary/aromatic N) is 1. The number of anilines is 2. The van der Waals surface area contributed by atoms with Gasteiger partial charge in [0.1, 0.15) is 0 Å². The van der Waals surface area contributed by atoms with Gasteiger partial charge in [-0.15, -0.1) is 0 Å². The Labute approximate surface area is 122 Å². The summed E-state index contributed by atoms with van der Waals surface area (Å²) < 4.78 is 5.31. The molecule has 112 valence electrons. The van der Waals surface area contributed by atoms with Crippen LogP contribution in [-0.4, -0.2) is 43.3 Å². The number of carboxylic acid groups (broad SMARTS) is 1. The van der Waals surface area contributed by atoms with E-state index in [2.05, 4.69) is 10.2 Å². The summed E-state index contributed by atoms with van der Waals surface area (Å²) >= 11 is 0. The molecular formula is C15H18N2O4. The smallest absolute Gasteiger partial charge is 0.307 e. The predicted octanol–water partition coefficient (Wildman–Crippen LogP) is 1.18. The third-order valence-electron chi connectivity index (χ3n) is 3.96. The van der Waals surface area contributed by atoms with Crippen molar-refractivity contribution in [1.29, 1.82) is 0 Å². The largest absolute Gasteiger partial charge is 0.481 e. The van der Waals surface area contributed by atoms with Gasteiger partial charge in [0.2, 0.25) is 5.91 Å².